The maximum atomic E-state index is 12.2. The van der Waals surface area contributed by atoms with E-state index in [2.05, 4.69) is 17.6 Å². The van der Waals surface area contributed by atoms with E-state index in [1.54, 1.807) is 0 Å². The zero-order chi connectivity index (χ0) is 19.6. The minimum absolute atomic E-state index is 0.127. The van der Waals surface area contributed by atoms with E-state index >= 15 is 0 Å². The topological polar surface area (TPSA) is 68.8 Å². The monoisotopic (exact) mass is 384 g/mol. The number of hydrogen-bond acceptors (Lipinski definition) is 5. The first kappa shape index (κ1) is 20.0. The first-order valence-corrected chi connectivity index (χ1v) is 9.84. The predicted octanol–water partition coefficient (Wildman–Crippen LogP) is 4.08. The van der Waals surface area contributed by atoms with Crippen LogP contribution in [0.5, 0.6) is 11.5 Å². The highest BCUT2D eigenvalue weighted by Crippen LogP contribution is 2.20. The summed E-state index contributed by atoms with van der Waals surface area (Å²) in [6.45, 7) is 4.25. The first-order valence-electron chi connectivity index (χ1n) is 9.84. The maximum Gasteiger partial charge on any atom is 0.243 e. The van der Waals surface area contributed by atoms with Crippen LogP contribution in [-0.4, -0.2) is 38.4 Å². The molecule has 1 amide bonds. The Hall–Kier alpha value is -2.73. The molecule has 1 unspecified atom stereocenters. The van der Waals surface area contributed by atoms with Crippen molar-refractivity contribution in [1.82, 2.24) is 0 Å². The summed E-state index contributed by atoms with van der Waals surface area (Å²) in [5.41, 5.74) is 1.55. The lowest BCUT2D eigenvalue weighted by atomic mass is 10.2. The third kappa shape index (κ3) is 6.46. The van der Waals surface area contributed by atoms with Crippen LogP contribution in [-0.2, 0) is 9.53 Å². The van der Waals surface area contributed by atoms with Crippen LogP contribution in [0.4, 0.5) is 11.4 Å². The number of rotatable bonds is 10. The van der Waals surface area contributed by atoms with Crippen molar-refractivity contribution in [3.8, 4) is 11.5 Å². The van der Waals surface area contributed by atoms with Crippen LogP contribution in [0.3, 0.4) is 0 Å². The molecule has 6 nitrogen and oxygen atoms in total. The van der Waals surface area contributed by atoms with E-state index < -0.39 is 0 Å². The molecule has 0 radical (unpaired) electrons. The Bertz CT molecular complexity index is 760. The standard InChI is InChI=1S/C22H28N2O4/c1-2-11-26-19-8-4-7-18(14-19)24-22(25)15-23-17-6-3-9-20(13-17)28-16-21-10-5-12-27-21/h3-4,6-9,13-14,21,23H,2,5,10-12,15-16H2,1H3,(H,24,25). The SMILES string of the molecule is CCCOc1cccc(NC(=O)CNc2cccc(OCC3CCCO3)c2)c1. The van der Waals surface area contributed by atoms with Gasteiger partial charge in [0.2, 0.25) is 5.91 Å². The van der Waals surface area contributed by atoms with Gasteiger partial charge in [-0.15, -0.1) is 0 Å². The lowest BCUT2D eigenvalue weighted by Gasteiger charge is -2.13. The molecule has 2 aromatic rings. The quantitative estimate of drug-likeness (QED) is 0.646. The van der Waals surface area contributed by atoms with E-state index in [-0.39, 0.29) is 18.6 Å². The summed E-state index contributed by atoms with van der Waals surface area (Å²) < 4.78 is 17.0. The molecule has 2 N–H and O–H groups in total. The van der Waals surface area contributed by atoms with Gasteiger partial charge in [-0.1, -0.05) is 19.1 Å². The Kier molecular flexibility index (Phi) is 7.55. The van der Waals surface area contributed by atoms with Gasteiger partial charge in [0.1, 0.15) is 18.1 Å². The fourth-order valence-corrected chi connectivity index (χ4v) is 2.93. The highest BCUT2D eigenvalue weighted by Gasteiger charge is 2.16. The summed E-state index contributed by atoms with van der Waals surface area (Å²) in [4.78, 5) is 12.2. The Morgan fingerprint density at radius 3 is 2.61 bits per heavy atom. The van der Waals surface area contributed by atoms with Gasteiger partial charge >= 0.3 is 0 Å². The third-order valence-corrected chi connectivity index (χ3v) is 4.34. The van der Waals surface area contributed by atoms with Gasteiger partial charge in [0.15, 0.2) is 0 Å². The number of amides is 1. The smallest absolute Gasteiger partial charge is 0.243 e. The average molecular weight is 384 g/mol. The van der Waals surface area contributed by atoms with E-state index in [9.17, 15) is 4.79 Å². The van der Waals surface area contributed by atoms with Gasteiger partial charge in [-0.2, -0.15) is 0 Å². The third-order valence-electron chi connectivity index (χ3n) is 4.34. The summed E-state index contributed by atoms with van der Waals surface area (Å²) in [6.07, 6.45) is 3.26. The van der Waals surface area contributed by atoms with Crippen molar-refractivity contribution in [2.45, 2.75) is 32.3 Å². The lowest BCUT2D eigenvalue weighted by molar-refractivity contribution is -0.114. The number of carbonyl (C=O) groups is 1. The van der Waals surface area contributed by atoms with Gasteiger partial charge in [-0.05, 0) is 43.5 Å². The first-order chi connectivity index (χ1) is 13.7. The minimum Gasteiger partial charge on any atom is -0.494 e. The van der Waals surface area contributed by atoms with Crippen LogP contribution in [0, 0.1) is 0 Å². The molecule has 0 aromatic heterocycles. The van der Waals surface area contributed by atoms with Crippen molar-refractivity contribution in [2.75, 3.05) is 37.0 Å². The Morgan fingerprint density at radius 2 is 1.86 bits per heavy atom. The molecule has 2 aromatic carbocycles. The highest BCUT2D eigenvalue weighted by molar-refractivity contribution is 5.93. The molecule has 1 fully saturated rings. The van der Waals surface area contributed by atoms with Crippen molar-refractivity contribution < 1.29 is 19.0 Å². The molecule has 1 aliphatic heterocycles. The van der Waals surface area contributed by atoms with Crippen LogP contribution in [0.15, 0.2) is 48.5 Å². The number of carbonyl (C=O) groups excluding carboxylic acids is 1. The second-order valence-electron chi connectivity index (χ2n) is 6.75. The van der Waals surface area contributed by atoms with Crippen molar-refractivity contribution in [3.63, 3.8) is 0 Å². The lowest BCUT2D eigenvalue weighted by Crippen LogP contribution is -2.21. The second-order valence-corrected chi connectivity index (χ2v) is 6.75. The average Bonchev–Trinajstić information content (AvgIpc) is 3.23. The molecule has 1 heterocycles. The molecule has 3 rings (SSSR count). The van der Waals surface area contributed by atoms with E-state index in [4.69, 9.17) is 14.2 Å². The molecule has 1 atom stereocenters. The summed E-state index contributed by atoms with van der Waals surface area (Å²) in [5.74, 6) is 1.39. The molecule has 0 aliphatic carbocycles. The van der Waals surface area contributed by atoms with Crippen LogP contribution in [0.25, 0.3) is 0 Å². The molecule has 28 heavy (non-hydrogen) atoms. The summed E-state index contributed by atoms with van der Waals surface area (Å²) in [7, 11) is 0. The van der Waals surface area contributed by atoms with Crippen molar-refractivity contribution in [2.24, 2.45) is 0 Å². The highest BCUT2D eigenvalue weighted by atomic mass is 16.5. The Balaban J connectivity index is 1.45. The minimum atomic E-state index is -0.127. The zero-order valence-corrected chi connectivity index (χ0v) is 16.3. The van der Waals surface area contributed by atoms with E-state index in [1.807, 2.05) is 48.5 Å². The van der Waals surface area contributed by atoms with Gasteiger partial charge in [0.25, 0.3) is 0 Å². The van der Waals surface area contributed by atoms with Crippen LogP contribution < -0.4 is 20.1 Å². The molecular weight excluding hydrogens is 356 g/mol. The van der Waals surface area contributed by atoms with Crippen molar-refractivity contribution in [1.29, 1.82) is 0 Å². The summed E-state index contributed by atoms with van der Waals surface area (Å²) in [6, 6.07) is 15.0. The number of benzene rings is 2. The normalized spacial score (nSPS) is 15.8. The molecule has 6 heteroatoms. The molecular formula is C22H28N2O4. The molecule has 0 bridgehead atoms. The van der Waals surface area contributed by atoms with Crippen LogP contribution in [0.1, 0.15) is 26.2 Å². The van der Waals surface area contributed by atoms with Crippen LogP contribution >= 0.6 is 0 Å². The zero-order valence-electron chi connectivity index (χ0n) is 16.3. The van der Waals surface area contributed by atoms with E-state index in [0.717, 1.165) is 43.1 Å². The fraction of sp³-hybridized carbons (Fsp3) is 0.409. The van der Waals surface area contributed by atoms with Gasteiger partial charge in [-0.25, -0.2) is 0 Å². The van der Waals surface area contributed by atoms with E-state index in [1.165, 1.54) is 0 Å². The van der Waals surface area contributed by atoms with Gasteiger partial charge in [0.05, 0.1) is 19.3 Å². The van der Waals surface area contributed by atoms with Crippen molar-refractivity contribution >= 4 is 17.3 Å². The van der Waals surface area contributed by atoms with Crippen molar-refractivity contribution in [3.05, 3.63) is 48.5 Å². The second kappa shape index (κ2) is 10.6. The Labute approximate surface area is 166 Å². The van der Waals surface area contributed by atoms with Crippen LogP contribution in [0.2, 0.25) is 0 Å². The molecule has 150 valence electrons. The number of anilines is 2. The van der Waals surface area contributed by atoms with Gasteiger partial charge in [-0.3, -0.25) is 4.79 Å². The summed E-state index contributed by atoms with van der Waals surface area (Å²) >= 11 is 0. The Morgan fingerprint density at radius 1 is 1.11 bits per heavy atom. The number of nitrogens with one attached hydrogen (secondary N) is 2. The molecule has 0 spiro atoms. The molecule has 0 saturated carbocycles. The number of hydrogen-bond donors (Lipinski definition) is 2. The largest absolute Gasteiger partial charge is 0.494 e. The molecule has 1 aliphatic rings. The van der Waals surface area contributed by atoms with E-state index in [0.29, 0.717) is 18.9 Å². The maximum absolute atomic E-state index is 12.2. The van der Waals surface area contributed by atoms with Gasteiger partial charge in [0, 0.05) is 30.1 Å². The fourth-order valence-electron chi connectivity index (χ4n) is 2.93. The molecule has 1 saturated heterocycles. The predicted molar refractivity (Wildman–Crippen MR) is 110 cm³/mol. The number of ether oxygens (including phenoxy) is 3. The summed E-state index contributed by atoms with van der Waals surface area (Å²) in [5, 5.41) is 6.00. The van der Waals surface area contributed by atoms with Gasteiger partial charge < -0.3 is 24.8 Å².